The van der Waals surface area contributed by atoms with Crippen molar-refractivity contribution < 1.29 is 0 Å². The number of pyridine rings is 1. The third-order valence-electron chi connectivity index (χ3n) is 12.5. The van der Waals surface area contributed by atoms with Crippen LogP contribution in [0, 0.1) is 0 Å². The molecule has 0 fully saturated rings. The topological polar surface area (TPSA) is 22.8 Å². The van der Waals surface area contributed by atoms with Crippen LogP contribution in [0.25, 0.3) is 121 Å². The lowest BCUT2D eigenvalue weighted by molar-refractivity contribution is 1.18. The third kappa shape index (κ3) is 4.36. The molecular formula is C55H33N3. The Hall–Kier alpha value is -7.75. The highest BCUT2D eigenvalue weighted by Crippen LogP contribution is 2.48. The van der Waals surface area contributed by atoms with Crippen LogP contribution in [-0.4, -0.2) is 14.1 Å². The highest BCUT2D eigenvalue weighted by Gasteiger charge is 2.23. The maximum Gasteiger partial charge on any atom is 0.0781 e. The molecule has 0 amide bonds. The quantitative estimate of drug-likeness (QED) is 0.176. The van der Waals surface area contributed by atoms with E-state index in [9.17, 15) is 0 Å². The average Bonchev–Trinajstić information content (AvgIpc) is 3.93. The first-order chi connectivity index (χ1) is 28.8. The molecule has 12 aromatic rings. The molecule has 0 aliphatic heterocycles. The number of fused-ring (bicyclic) bond motifs is 11. The van der Waals surface area contributed by atoms with Gasteiger partial charge < -0.3 is 9.13 Å². The Morgan fingerprint density at radius 2 is 0.931 bits per heavy atom. The molecule has 1 aliphatic carbocycles. The minimum atomic E-state index is 1.01. The van der Waals surface area contributed by atoms with Crippen molar-refractivity contribution in [1.82, 2.24) is 14.1 Å². The summed E-state index contributed by atoms with van der Waals surface area (Å²) >= 11 is 0. The molecule has 268 valence electrons. The van der Waals surface area contributed by atoms with E-state index in [-0.39, 0.29) is 0 Å². The van der Waals surface area contributed by atoms with Crippen LogP contribution in [0.5, 0.6) is 0 Å². The molecule has 58 heavy (non-hydrogen) atoms. The fourth-order valence-electron chi connectivity index (χ4n) is 9.97. The lowest BCUT2D eigenvalue weighted by Gasteiger charge is -2.12. The minimum Gasteiger partial charge on any atom is -0.309 e. The predicted molar refractivity (Wildman–Crippen MR) is 243 cm³/mol. The molecule has 3 heterocycles. The van der Waals surface area contributed by atoms with E-state index >= 15 is 0 Å². The molecule has 13 rings (SSSR count). The van der Waals surface area contributed by atoms with Gasteiger partial charge in [0, 0.05) is 61.0 Å². The fourth-order valence-corrected chi connectivity index (χ4v) is 9.97. The predicted octanol–water partition coefficient (Wildman–Crippen LogP) is 14.6. The van der Waals surface area contributed by atoms with Gasteiger partial charge in [-0.2, -0.15) is 0 Å². The van der Waals surface area contributed by atoms with Crippen LogP contribution in [0.4, 0.5) is 0 Å². The number of aromatic nitrogens is 3. The normalized spacial score (nSPS) is 12.1. The zero-order valence-electron chi connectivity index (χ0n) is 31.4. The Bertz CT molecular complexity index is 3650. The Morgan fingerprint density at radius 1 is 0.310 bits per heavy atom. The van der Waals surface area contributed by atoms with Crippen molar-refractivity contribution in [3.05, 3.63) is 200 Å². The molecule has 9 aromatic carbocycles. The van der Waals surface area contributed by atoms with Gasteiger partial charge in [0.15, 0.2) is 0 Å². The van der Waals surface area contributed by atoms with Gasteiger partial charge in [-0.25, -0.2) is 0 Å². The number of nitrogens with zero attached hydrogens (tertiary/aromatic N) is 3. The summed E-state index contributed by atoms with van der Waals surface area (Å²) in [6.07, 6.45) is 2.07. The molecule has 0 bridgehead atoms. The SMILES string of the molecule is c1ccc(-n2c3ccccc3c3c4ccc(-c5ccc6c(c5)c5ccccc5n6-c5cccc(-c6ncc7c8c(cccc68)-c6ccccc6-7)c5)cc4ccc32)cc1. The summed E-state index contributed by atoms with van der Waals surface area (Å²) in [6.45, 7) is 0. The summed E-state index contributed by atoms with van der Waals surface area (Å²) in [5.74, 6) is 0. The number of hydrogen-bond donors (Lipinski definition) is 0. The van der Waals surface area contributed by atoms with E-state index in [0.29, 0.717) is 0 Å². The van der Waals surface area contributed by atoms with E-state index in [1.807, 2.05) is 0 Å². The molecule has 0 saturated heterocycles. The lowest BCUT2D eigenvalue weighted by atomic mass is 9.97. The van der Waals surface area contributed by atoms with Crippen molar-refractivity contribution in [2.45, 2.75) is 0 Å². The second kappa shape index (κ2) is 11.9. The van der Waals surface area contributed by atoms with Crippen molar-refractivity contribution in [3.8, 4) is 56.0 Å². The largest absolute Gasteiger partial charge is 0.309 e. The van der Waals surface area contributed by atoms with Crippen LogP contribution < -0.4 is 0 Å². The van der Waals surface area contributed by atoms with Gasteiger partial charge in [0.05, 0.1) is 27.8 Å². The first-order valence-electron chi connectivity index (χ1n) is 20.0. The van der Waals surface area contributed by atoms with E-state index in [2.05, 4.69) is 209 Å². The maximum absolute atomic E-state index is 5.13. The Kier molecular flexibility index (Phi) is 6.44. The zero-order valence-corrected chi connectivity index (χ0v) is 31.4. The summed E-state index contributed by atoms with van der Waals surface area (Å²) in [4.78, 5) is 5.13. The van der Waals surface area contributed by atoms with Crippen molar-refractivity contribution in [1.29, 1.82) is 0 Å². The molecule has 3 aromatic heterocycles. The van der Waals surface area contributed by atoms with Crippen LogP contribution in [-0.2, 0) is 0 Å². The monoisotopic (exact) mass is 735 g/mol. The van der Waals surface area contributed by atoms with Gasteiger partial charge in [-0.3, -0.25) is 4.98 Å². The van der Waals surface area contributed by atoms with Crippen molar-refractivity contribution >= 4 is 65.2 Å². The van der Waals surface area contributed by atoms with Gasteiger partial charge in [-0.05, 0) is 99.3 Å². The lowest BCUT2D eigenvalue weighted by Crippen LogP contribution is -1.95. The van der Waals surface area contributed by atoms with E-state index in [4.69, 9.17) is 4.98 Å². The highest BCUT2D eigenvalue weighted by molar-refractivity contribution is 6.22. The molecule has 1 aliphatic rings. The van der Waals surface area contributed by atoms with Gasteiger partial charge in [0.1, 0.15) is 0 Å². The summed E-state index contributed by atoms with van der Waals surface area (Å²) in [6, 6.07) is 70.9. The number of hydrogen-bond acceptors (Lipinski definition) is 1. The van der Waals surface area contributed by atoms with E-state index in [0.717, 1.165) is 16.9 Å². The molecule has 3 heteroatoms. The van der Waals surface area contributed by atoms with E-state index in [1.165, 1.54) is 104 Å². The Labute approximate surface area is 334 Å². The molecule has 3 nitrogen and oxygen atoms in total. The Morgan fingerprint density at radius 3 is 1.81 bits per heavy atom. The van der Waals surface area contributed by atoms with Crippen molar-refractivity contribution in [2.24, 2.45) is 0 Å². The smallest absolute Gasteiger partial charge is 0.0781 e. The molecule has 0 atom stereocenters. The van der Waals surface area contributed by atoms with E-state index in [1.54, 1.807) is 0 Å². The highest BCUT2D eigenvalue weighted by atomic mass is 15.0. The number of rotatable bonds is 4. The van der Waals surface area contributed by atoms with Crippen LogP contribution in [0.15, 0.2) is 200 Å². The zero-order chi connectivity index (χ0) is 37.9. The fraction of sp³-hybridized carbons (Fsp3) is 0. The standard InChI is InChI=1S/C55H33N3/c1-2-13-38(14-3-1)57-50-23-9-7-19-45(50)54-40-27-24-34(30-36(40)26-29-52(54)57)35-25-28-51-47(32-35)43-18-6-8-22-49(43)58(51)39-15-10-12-37(31-39)55-46-21-11-20-44-41-16-4-5-17-42(41)48(33-56-55)53(44)46/h1-33H. The van der Waals surface area contributed by atoms with Gasteiger partial charge in [0.2, 0.25) is 0 Å². The molecule has 0 spiro atoms. The number of benzene rings is 9. The minimum absolute atomic E-state index is 1.01. The van der Waals surface area contributed by atoms with Crippen LogP contribution >= 0.6 is 0 Å². The van der Waals surface area contributed by atoms with Crippen molar-refractivity contribution in [2.75, 3.05) is 0 Å². The Balaban J connectivity index is 0.943. The molecule has 0 unspecified atom stereocenters. The van der Waals surface area contributed by atoms with Gasteiger partial charge in [0.25, 0.3) is 0 Å². The second-order valence-electron chi connectivity index (χ2n) is 15.5. The molecule has 0 radical (unpaired) electrons. The third-order valence-corrected chi connectivity index (χ3v) is 12.5. The summed E-state index contributed by atoms with van der Waals surface area (Å²) < 4.78 is 4.80. The van der Waals surface area contributed by atoms with Crippen LogP contribution in [0.1, 0.15) is 0 Å². The maximum atomic E-state index is 5.13. The molecular weight excluding hydrogens is 703 g/mol. The van der Waals surface area contributed by atoms with Gasteiger partial charge in [-0.15, -0.1) is 0 Å². The summed E-state index contributed by atoms with van der Waals surface area (Å²) in [5.41, 5.74) is 16.7. The summed E-state index contributed by atoms with van der Waals surface area (Å²) in [7, 11) is 0. The average molecular weight is 736 g/mol. The molecule has 0 N–H and O–H groups in total. The van der Waals surface area contributed by atoms with Crippen LogP contribution in [0.3, 0.4) is 0 Å². The second-order valence-corrected chi connectivity index (χ2v) is 15.5. The summed E-state index contributed by atoms with van der Waals surface area (Å²) in [5, 5.41) is 10.0. The van der Waals surface area contributed by atoms with Crippen molar-refractivity contribution in [3.63, 3.8) is 0 Å². The first-order valence-corrected chi connectivity index (χ1v) is 20.0. The van der Waals surface area contributed by atoms with Gasteiger partial charge >= 0.3 is 0 Å². The number of para-hydroxylation sites is 3. The van der Waals surface area contributed by atoms with Crippen LogP contribution in [0.2, 0.25) is 0 Å². The first kappa shape index (κ1) is 31.5. The van der Waals surface area contributed by atoms with E-state index < -0.39 is 0 Å². The molecule has 0 saturated carbocycles. The van der Waals surface area contributed by atoms with Gasteiger partial charge in [-0.1, -0.05) is 133 Å².